The van der Waals surface area contributed by atoms with Crippen LogP contribution in [0, 0.1) is 20.8 Å². The standard InChI is InChI=1S/C13H15N3O2S/c1-8-5-4-6-11(9(8)2)16-10(3)14-15-13(16)19-7-12(17)18/h4-6H,7H2,1-3H3,(H,17,18). The second kappa shape index (κ2) is 5.44. The lowest BCUT2D eigenvalue weighted by Crippen LogP contribution is -2.05. The van der Waals surface area contributed by atoms with Crippen LogP contribution in [0.2, 0.25) is 0 Å². The highest BCUT2D eigenvalue weighted by Gasteiger charge is 2.14. The molecule has 1 N–H and O–H groups in total. The maximum atomic E-state index is 10.7. The molecule has 0 aliphatic heterocycles. The van der Waals surface area contributed by atoms with Gasteiger partial charge in [0, 0.05) is 0 Å². The predicted molar refractivity (Wildman–Crippen MR) is 73.9 cm³/mol. The molecule has 6 heteroatoms. The third-order valence-corrected chi connectivity index (χ3v) is 3.85. The van der Waals surface area contributed by atoms with E-state index in [-0.39, 0.29) is 5.75 Å². The van der Waals surface area contributed by atoms with E-state index in [1.807, 2.05) is 43.5 Å². The summed E-state index contributed by atoms with van der Waals surface area (Å²) in [6.07, 6.45) is 0. The Labute approximate surface area is 115 Å². The minimum atomic E-state index is -0.863. The number of benzene rings is 1. The third-order valence-electron chi connectivity index (χ3n) is 2.94. The molecule has 0 amide bonds. The molecule has 0 atom stereocenters. The van der Waals surface area contributed by atoms with Crippen LogP contribution >= 0.6 is 11.8 Å². The first-order valence-electron chi connectivity index (χ1n) is 5.84. The highest BCUT2D eigenvalue weighted by molar-refractivity contribution is 7.99. The monoisotopic (exact) mass is 277 g/mol. The van der Waals surface area contributed by atoms with Gasteiger partial charge in [-0.3, -0.25) is 9.36 Å². The summed E-state index contributed by atoms with van der Waals surface area (Å²) in [5.41, 5.74) is 3.32. The van der Waals surface area contributed by atoms with Crippen LogP contribution < -0.4 is 0 Å². The lowest BCUT2D eigenvalue weighted by Gasteiger charge is -2.12. The molecule has 0 fully saturated rings. The quantitative estimate of drug-likeness (QED) is 0.869. The number of hydrogen-bond acceptors (Lipinski definition) is 4. The number of carboxylic acids is 1. The lowest BCUT2D eigenvalue weighted by molar-refractivity contribution is -0.133. The molecular weight excluding hydrogens is 262 g/mol. The van der Waals surface area contributed by atoms with E-state index in [0.717, 1.165) is 17.1 Å². The second-order valence-corrected chi connectivity index (χ2v) is 5.21. The van der Waals surface area contributed by atoms with Crippen LogP contribution in [0.15, 0.2) is 23.4 Å². The van der Waals surface area contributed by atoms with E-state index < -0.39 is 5.97 Å². The number of hydrogen-bond donors (Lipinski definition) is 1. The van der Waals surface area contributed by atoms with Crippen LogP contribution in [-0.4, -0.2) is 31.6 Å². The third kappa shape index (κ3) is 2.78. The van der Waals surface area contributed by atoms with Gasteiger partial charge in [-0.1, -0.05) is 23.9 Å². The van der Waals surface area contributed by atoms with Crippen LogP contribution in [-0.2, 0) is 4.79 Å². The van der Waals surface area contributed by atoms with E-state index in [4.69, 9.17) is 5.11 Å². The minimum absolute atomic E-state index is 0.0248. The summed E-state index contributed by atoms with van der Waals surface area (Å²) < 4.78 is 1.90. The van der Waals surface area contributed by atoms with Crippen LogP contribution in [0.5, 0.6) is 0 Å². The Bertz CT molecular complexity index is 622. The van der Waals surface area contributed by atoms with Gasteiger partial charge in [0.05, 0.1) is 11.4 Å². The van der Waals surface area contributed by atoms with Crippen LogP contribution in [0.4, 0.5) is 0 Å². The smallest absolute Gasteiger partial charge is 0.313 e. The molecule has 0 saturated heterocycles. The van der Waals surface area contributed by atoms with Crippen LogP contribution in [0.1, 0.15) is 17.0 Å². The highest BCUT2D eigenvalue weighted by Crippen LogP contribution is 2.25. The first-order valence-corrected chi connectivity index (χ1v) is 6.82. The van der Waals surface area contributed by atoms with E-state index in [9.17, 15) is 4.79 Å². The maximum Gasteiger partial charge on any atom is 0.313 e. The van der Waals surface area contributed by atoms with Gasteiger partial charge in [0.15, 0.2) is 5.16 Å². The molecule has 2 rings (SSSR count). The number of carboxylic acid groups (broad SMARTS) is 1. The van der Waals surface area contributed by atoms with E-state index in [1.165, 1.54) is 17.3 Å². The Morgan fingerprint density at radius 1 is 1.32 bits per heavy atom. The Balaban J connectivity index is 2.46. The average Bonchev–Trinajstić information content (AvgIpc) is 2.72. The summed E-state index contributed by atoms with van der Waals surface area (Å²) in [5, 5.41) is 17.5. The molecule has 0 radical (unpaired) electrons. The lowest BCUT2D eigenvalue weighted by atomic mass is 10.1. The number of aromatic nitrogens is 3. The van der Waals surface area contributed by atoms with Crippen molar-refractivity contribution in [2.24, 2.45) is 0 Å². The van der Waals surface area contributed by atoms with Gasteiger partial charge in [-0.15, -0.1) is 10.2 Å². The van der Waals surface area contributed by atoms with Crippen molar-refractivity contribution in [3.63, 3.8) is 0 Å². The normalized spacial score (nSPS) is 10.7. The summed E-state index contributed by atoms with van der Waals surface area (Å²) in [7, 11) is 0. The van der Waals surface area contributed by atoms with Crippen molar-refractivity contribution >= 4 is 17.7 Å². The molecule has 1 aromatic carbocycles. The SMILES string of the molecule is Cc1cccc(-n2c(C)nnc2SCC(=O)O)c1C. The molecule has 0 spiro atoms. The van der Waals surface area contributed by atoms with E-state index in [2.05, 4.69) is 10.2 Å². The average molecular weight is 277 g/mol. The summed E-state index contributed by atoms with van der Waals surface area (Å²) in [4.78, 5) is 10.7. The zero-order chi connectivity index (χ0) is 14.0. The Morgan fingerprint density at radius 2 is 2.05 bits per heavy atom. The summed E-state index contributed by atoms with van der Waals surface area (Å²) in [6.45, 7) is 5.94. The Kier molecular flexibility index (Phi) is 3.90. The van der Waals surface area contributed by atoms with Crippen LogP contribution in [0.3, 0.4) is 0 Å². The van der Waals surface area contributed by atoms with Crippen molar-refractivity contribution in [1.82, 2.24) is 14.8 Å². The zero-order valence-electron chi connectivity index (χ0n) is 11.0. The van der Waals surface area contributed by atoms with Crippen LogP contribution in [0.25, 0.3) is 5.69 Å². The molecular formula is C13H15N3O2S. The maximum absolute atomic E-state index is 10.7. The Morgan fingerprint density at radius 3 is 2.74 bits per heavy atom. The van der Waals surface area contributed by atoms with Crippen molar-refractivity contribution < 1.29 is 9.90 Å². The van der Waals surface area contributed by atoms with Crippen molar-refractivity contribution in [3.8, 4) is 5.69 Å². The molecule has 19 heavy (non-hydrogen) atoms. The van der Waals surface area contributed by atoms with E-state index >= 15 is 0 Å². The number of aryl methyl sites for hydroxylation is 2. The molecule has 0 bridgehead atoms. The summed E-state index contributed by atoms with van der Waals surface area (Å²) >= 11 is 1.18. The minimum Gasteiger partial charge on any atom is -0.481 e. The molecule has 0 saturated carbocycles. The van der Waals surface area contributed by atoms with Gasteiger partial charge in [0.25, 0.3) is 0 Å². The molecule has 1 heterocycles. The first kappa shape index (κ1) is 13.6. The molecule has 100 valence electrons. The van der Waals surface area contributed by atoms with E-state index in [0.29, 0.717) is 5.16 Å². The van der Waals surface area contributed by atoms with Crippen molar-refractivity contribution in [1.29, 1.82) is 0 Å². The molecule has 2 aromatic rings. The first-order chi connectivity index (χ1) is 9.00. The topological polar surface area (TPSA) is 68.0 Å². The molecule has 0 unspecified atom stereocenters. The largest absolute Gasteiger partial charge is 0.481 e. The number of aliphatic carboxylic acids is 1. The summed E-state index contributed by atoms with van der Waals surface area (Å²) in [6, 6.07) is 6.01. The number of nitrogens with zero attached hydrogens (tertiary/aromatic N) is 3. The van der Waals surface area contributed by atoms with Gasteiger partial charge >= 0.3 is 5.97 Å². The molecule has 5 nitrogen and oxygen atoms in total. The molecule has 1 aromatic heterocycles. The van der Waals surface area contributed by atoms with Gasteiger partial charge in [-0.05, 0) is 38.0 Å². The summed E-state index contributed by atoms with van der Waals surface area (Å²) in [5.74, 6) is -0.136. The fourth-order valence-corrected chi connectivity index (χ4v) is 2.53. The van der Waals surface area contributed by atoms with E-state index in [1.54, 1.807) is 0 Å². The van der Waals surface area contributed by atoms with Gasteiger partial charge in [0.1, 0.15) is 5.82 Å². The van der Waals surface area contributed by atoms with Gasteiger partial charge in [-0.25, -0.2) is 0 Å². The fourth-order valence-electron chi connectivity index (χ4n) is 1.82. The number of thioether (sulfide) groups is 1. The van der Waals surface area contributed by atoms with Gasteiger partial charge in [0.2, 0.25) is 0 Å². The number of rotatable bonds is 4. The highest BCUT2D eigenvalue weighted by atomic mass is 32.2. The molecule has 0 aliphatic carbocycles. The zero-order valence-corrected chi connectivity index (χ0v) is 11.9. The van der Waals surface area contributed by atoms with Gasteiger partial charge in [-0.2, -0.15) is 0 Å². The second-order valence-electron chi connectivity index (χ2n) is 4.27. The predicted octanol–water partition coefficient (Wildman–Crippen LogP) is 2.37. The fraction of sp³-hybridized carbons (Fsp3) is 0.308. The van der Waals surface area contributed by atoms with Crippen molar-refractivity contribution in [2.75, 3.05) is 5.75 Å². The van der Waals surface area contributed by atoms with Crippen molar-refractivity contribution in [3.05, 3.63) is 35.2 Å². The molecule has 0 aliphatic rings. The van der Waals surface area contributed by atoms with Gasteiger partial charge < -0.3 is 5.11 Å². The van der Waals surface area contributed by atoms with Crippen molar-refractivity contribution in [2.45, 2.75) is 25.9 Å². The Hall–Kier alpha value is -1.82. The number of carbonyl (C=O) groups is 1.